The molecule has 2 rings (SSSR count). The van der Waals surface area contributed by atoms with Crippen molar-refractivity contribution in [2.75, 3.05) is 19.6 Å². The van der Waals surface area contributed by atoms with Crippen molar-refractivity contribution in [2.45, 2.75) is 51.4 Å². The molecule has 0 aromatic heterocycles. The molecule has 1 aromatic carbocycles. The summed E-state index contributed by atoms with van der Waals surface area (Å²) >= 11 is 0. The van der Waals surface area contributed by atoms with Crippen LogP contribution < -0.4 is 5.32 Å². The second-order valence-corrected chi connectivity index (χ2v) is 7.08. The minimum atomic E-state index is -0.500. The van der Waals surface area contributed by atoms with Crippen LogP contribution in [-0.2, 0) is 4.74 Å². The van der Waals surface area contributed by atoms with Crippen LogP contribution in [0.5, 0.6) is 0 Å². The van der Waals surface area contributed by atoms with E-state index in [2.05, 4.69) is 5.32 Å². The van der Waals surface area contributed by atoms with E-state index >= 15 is 0 Å². The second-order valence-electron chi connectivity index (χ2n) is 7.08. The number of amides is 1. The third kappa shape index (κ3) is 5.84. The number of hydrogen-bond donors (Lipinski definition) is 2. The Morgan fingerprint density at radius 2 is 1.91 bits per heavy atom. The number of rotatable bonds is 4. The predicted molar refractivity (Wildman–Crippen MR) is 90.2 cm³/mol. The van der Waals surface area contributed by atoms with Gasteiger partial charge in [0.2, 0.25) is 0 Å². The lowest BCUT2D eigenvalue weighted by atomic mass is 10.0. The monoisotopic (exact) mass is 320 g/mol. The van der Waals surface area contributed by atoms with Gasteiger partial charge in [0.05, 0.1) is 6.10 Å². The summed E-state index contributed by atoms with van der Waals surface area (Å²) in [6.07, 6.45) is 1.02. The van der Waals surface area contributed by atoms with Gasteiger partial charge >= 0.3 is 6.09 Å². The molecule has 2 N–H and O–H groups in total. The van der Waals surface area contributed by atoms with E-state index in [9.17, 15) is 9.90 Å². The highest BCUT2D eigenvalue weighted by atomic mass is 16.6. The summed E-state index contributed by atoms with van der Waals surface area (Å²) in [6.45, 7) is 7.54. The Kier molecular flexibility index (Phi) is 6.02. The number of benzene rings is 1. The molecular formula is C18H28N2O3. The van der Waals surface area contributed by atoms with Crippen LogP contribution in [0.2, 0.25) is 0 Å². The maximum atomic E-state index is 12.0. The van der Waals surface area contributed by atoms with Crippen LogP contribution in [-0.4, -0.2) is 47.4 Å². The fraction of sp³-hybridized carbons (Fsp3) is 0.611. The highest BCUT2D eigenvalue weighted by Gasteiger charge is 2.26. The second kappa shape index (κ2) is 7.79. The fourth-order valence-electron chi connectivity index (χ4n) is 2.66. The first-order valence-electron chi connectivity index (χ1n) is 8.29. The molecule has 1 saturated heterocycles. The average molecular weight is 320 g/mol. The van der Waals surface area contributed by atoms with E-state index in [1.54, 1.807) is 4.90 Å². The van der Waals surface area contributed by atoms with Crippen LogP contribution in [0.25, 0.3) is 0 Å². The number of nitrogens with one attached hydrogen (secondary N) is 1. The number of aliphatic hydroxyl groups is 1. The zero-order chi connectivity index (χ0) is 16.9. The molecule has 0 bridgehead atoms. The van der Waals surface area contributed by atoms with Gasteiger partial charge in [0.25, 0.3) is 0 Å². The van der Waals surface area contributed by atoms with Gasteiger partial charge in [-0.05, 0) is 39.2 Å². The quantitative estimate of drug-likeness (QED) is 0.895. The van der Waals surface area contributed by atoms with Crippen LogP contribution in [0.3, 0.4) is 0 Å². The molecule has 1 aromatic rings. The smallest absolute Gasteiger partial charge is 0.410 e. The largest absolute Gasteiger partial charge is 0.444 e. The van der Waals surface area contributed by atoms with Gasteiger partial charge in [0.1, 0.15) is 5.60 Å². The van der Waals surface area contributed by atoms with Crippen molar-refractivity contribution in [1.29, 1.82) is 0 Å². The van der Waals surface area contributed by atoms with Gasteiger partial charge in [0, 0.05) is 25.7 Å². The molecule has 1 atom stereocenters. The Balaban J connectivity index is 1.72. The third-order valence-electron chi connectivity index (χ3n) is 3.93. The van der Waals surface area contributed by atoms with E-state index in [4.69, 9.17) is 4.74 Å². The number of nitrogens with zero attached hydrogens (tertiary/aromatic N) is 1. The molecule has 0 unspecified atom stereocenters. The maximum absolute atomic E-state index is 12.0. The van der Waals surface area contributed by atoms with Crippen molar-refractivity contribution >= 4 is 6.09 Å². The van der Waals surface area contributed by atoms with Crippen LogP contribution in [0.15, 0.2) is 30.3 Å². The van der Waals surface area contributed by atoms with Gasteiger partial charge in [-0.25, -0.2) is 4.79 Å². The van der Waals surface area contributed by atoms with Gasteiger partial charge in [-0.3, -0.25) is 0 Å². The first-order chi connectivity index (χ1) is 10.8. The molecule has 5 heteroatoms. The SMILES string of the molecule is CC(C)(C)OC(=O)N1CCC(NC[C@H](O)c2ccccc2)CC1. The molecule has 0 saturated carbocycles. The first kappa shape index (κ1) is 17.8. The number of ether oxygens (including phenoxy) is 1. The molecule has 0 spiro atoms. The van der Waals surface area contributed by atoms with E-state index < -0.39 is 11.7 Å². The van der Waals surface area contributed by atoms with Gasteiger partial charge < -0.3 is 20.1 Å². The summed E-state index contributed by atoms with van der Waals surface area (Å²) < 4.78 is 5.40. The van der Waals surface area contributed by atoms with E-state index in [0.717, 1.165) is 18.4 Å². The predicted octanol–water partition coefficient (Wildman–Crippen LogP) is 2.71. The molecule has 1 fully saturated rings. The van der Waals surface area contributed by atoms with Gasteiger partial charge in [-0.2, -0.15) is 0 Å². The molecule has 0 radical (unpaired) electrons. The molecule has 1 heterocycles. The third-order valence-corrected chi connectivity index (χ3v) is 3.93. The first-order valence-corrected chi connectivity index (χ1v) is 8.29. The molecule has 1 aliphatic rings. The summed E-state index contributed by atoms with van der Waals surface area (Å²) in [4.78, 5) is 13.8. The number of likely N-dealkylation sites (tertiary alicyclic amines) is 1. The molecule has 23 heavy (non-hydrogen) atoms. The lowest BCUT2D eigenvalue weighted by Gasteiger charge is -2.34. The van der Waals surface area contributed by atoms with Crippen molar-refractivity contribution < 1.29 is 14.6 Å². The number of hydrogen-bond acceptors (Lipinski definition) is 4. The normalized spacial score (nSPS) is 17.8. The summed E-state index contributed by atoms with van der Waals surface area (Å²) in [7, 11) is 0. The Morgan fingerprint density at radius 1 is 1.30 bits per heavy atom. The Bertz CT molecular complexity index is 491. The van der Waals surface area contributed by atoms with Gasteiger partial charge in [-0.1, -0.05) is 30.3 Å². The molecule has 1 aliphatic heterocycles. The van der Waals surface area contributed by atoms with Crippen LogP contribution in [0.4, 0.5) is 4.79 Å². The molecule has 1 amide bonds. The molecule has 0 aliphatic carbocycles. The summed E-state index contributed by atoms with van der Waals surface area (Å²) in [6, 6.07) is 9.98. The lowest BCUT2D eigenvalue weighted by Crippen LogP contribution is -2.47. The zero-order valence-corrected chi connectivity index (χ0v) is 14.3. The average Bonchev–Trinajstić information content (AvgIpc) is 2.52. The Hall–Kier alpha value is -1.59. The summed E-state index contributed by atoms with van der Waals surface area (Å²) in [5, 5.41) is 13.6. The number of carbonyl (C=O) groups is 1. The number of carbonyl (C=O) groups excluding carboxylic acids is 1. The highest BCUT2D eigenvalue weighted by molar-refractivity contribution is 5.68. The van der Waals surface area contributed by atoms with Crippen molar-refractivity contribution in [2.24, 2.45) is 0 Å². The topological polar surface area (TPSA) is 61.8 Å². The minimum Gasteiger partial charge on any atom is -0.444 e. The highest BCUT2D eigenvalue weighted by Crippen LogP contribution is 2.17. The van der Waals surface area contributed by atoms with E-state index in [1.165, 1.54) is 0 Å². The fourth-order valence-corrected chi connectivity index (χ4v) is 2.66. The van der Waals surface area contributed by atoms with Crippen LogP contribution in [0.1, 0.15) is 45.3 Å². The van der Waals surface area contributed by atoms with Gasteiger partial charge in [-0.15, -0.1) is 0 Å². The zero-order valence-electron chi connectivity index (χ0n) is 14.3. The number of aliphatic hydroxyl groups excluding tert-OH is 1. The van der Waals surface area contributed by atoms with Crippen molar-refractivity contribution in [1.82, 2.24) is 10.2 Å². The summed E-state index contributed by atoms with van der Waals surface area (Å²) in [5.41, 5.74) is 0.470. The minimum absolute atomic E-state index is 0.236. The van der Waals surface area contributed by atoms with Crippen LogP contribution >= 0.6 is 0 Å². The van der Waals surface area contributed by atoms with Crippen molar-refractivity contribution in [3.63, 3.8) is 0 Å². The number of piperidine rings is 1. The Labute approximate surface area is 138 Å². The molecule has 128 valence electrons. The molecular weight excluding hydrogens is 292 g/mol. The lowest BCUT2D eigenvalue weighted by molar-refractivity contribution is 0.0194. The van der Waals surface area contributed by atoms with Crippen LogP contribution in [0, 0.1) is 0 Å². The van der Waals surface area contributed by atoms with E-state index in [1.807, 2.05) is 51.1 Å². The Morgan fingerprint density at radius 3 is 2.48 bits per heavy atom. The standard InChI is InChI=1S/C18H28N2O3/c1-18(2,3)23-17(22)20-11-9-15(10-12-20)19-13-16(21)14-7-5-4-6-8-14/h4-8,15-16,19,21H,9-13H2,1-3H3/t16-/m0/s1. The summed E-state index contributed by atoms with van der Waals surface area (Å²) in [5.74, 6) is 0. The van der Waals surface area contributed by atoms with E-state index in [-0.39, 0.29) is 6.09 Å². The van der Waals surface area contributed by atoms with Crippen molar-refractivity contribution in [3.05, 3.63) is 35.9 Å². The van der Waals surface area contributed by atoms with E-state index in [0.29, 0.717) is 25.7 Å². The van der Waals surface area contributed by atoms with Gasteiger partial charge in [0.15, 0.2) is 0 Å². The maximum Gasteiger partial charge on any atom is 0.410 e. The molecule has 5 nitrogen and oxygen atoms in total. The van der Waals surface area contributed by atoms with Crippen molar-refractivity contribution in [3.8, 4) is 0 Å².